The summed E-state index contributed by atoms with van der Waals surface area (Å²) in [5.41, 5.74) is 2.85. The van der Waals surface area contributed by atoms with Crippen LogP contribution < -0.4 is 0 Å². The minimum atomic E-state index is -4.41. The van der Waals surface area contributed by atoms with E-state index in [0.29, 0.717) is 34.1 Å². The number of carboxylic acid groups (broad SMARTS) is 1. The van der Waals surface area contributed by atoms with E-state index in [9.17, 15) is 23.1 Å². The third-order valence-electron chi connectivity index (χ3n) is 7.37. The average Bonchev–Trinajstić information content (AvgIpc) is 3.10. The third-order valence-corrected chi connectivity index (χ3v) is 8.19. The number of rotatable bonds is 5. The molecule has 0 bridgehead atoms. The van der Waals surface area contributed by atoms with Crippen LogP contribution in [0, 0.1) is 24.7 Å². The van der Waals surface area contributed by atoms with E-state index in [1.54, 1.807) is 24.6 Å². The van der Waals surface area contributed by atoms with E-state index < -0.39 is 17.7 Å². The molecule has 5 rings (SSSR count). The first-order valence-electron chi connectivity index (χ1n) is 11.0. The van der Waals surface area contributed by atoms with E-state index in [-0.39, 0.29) is 17.8 Å². The number of carboxylic acids is 1. The van der Waals surface area contributed by atoms with E-state index in [1.807, 2.05) is 12.1 Å². The average molecular weight is 511 g/mol. The van der Waals surface area contributed by atoms with Gasteiger partial charge in [0.25, 0.3) is 0 Å². The Morgan fingerprint density at radius 2 is 1.82 bits per heavy atom. The van der Waals surface area contributed by atoms with Gasteiger partial charge in [0.15, 0.2) is 0 Å². The Bertz CT molecular complexity index is 1310. The van der Waals surface area contributed by atoms with Crippen LogP contribution in [0.25, 0.3) is 10.9 Å². The molecule has 3 aromatic rings. The van der Waals surface area contributed by atoms with Crippen LogP contribution >= 0.6 is 23.2 Å². The first kappa shape index (κ1) is 23.5. The van der Waals surface area contributed by atoms with Gasteiger partial charge in [-0.05, 0) is 59.7 Å². The predicted molar refractivity (Wildman–Crippen MR) is 125 cm³/mol. The van der Waals surface area contributed by atoms with Gasteiger partial charge in [0.1, 0.15) is 0 Å². The largest absolute Gasteiger partial charge is 0.481 e. The molecule has 1 unspecified atom stereocenters. The van der Waals surface area contributed by atoms with Gasteiger partial charge in [0.05, 0.1) is 16.5 Å². The van der Waals surface area contributed by atoms with E-state index in [4.69, 9.17) is 23.2 Å². The molecular formula is C25H23Cl2F3N2O2. The number of carbonyl (C=O) groups is 1. The van der Waals surface area contributed by atoms with Crippen molar-refractivity contribution < 1.29 is 23.1 Å². The van der Waals surface area contributed by atoms with E-state index >= 15 is 0 Å². The molecule has 2 aliphatic rings. The highest BCUT2D eigenvalue weighted by Gasteiger charge is 2.59. The maximum atomic E-state index is 13.3. The maximum absolute atomic E-state index is 13.3. The van der Waals surface area contributed by atoms with Crippen LogP contribution in [0.5, 0.6) is 0 Å². The van der Waals surface area contributed by atoms with Gasteiger partial charge in [-0.25, -0.2) is 0 Å². The van der Waals surface area contributed by atoms with Crippen molar-refractivity contribution in [3.63, 3.8) is 0 Å². The second kappa shape index (κ2) is 8.18. The van der Waals surface area contributed by atoms with Crippen LogP contribution in [0.1, 0.15) is 27.9 Å². The predicted octanol–water partition coefficient (Wildman–Crippen LogP) is 6.17. The molecule has 1 N–H and O–H groups in total. The van der Waals surface area contributed by atoms with Crippen molar-refractivity contribution in [2.45, 2.75) is 26.1 Å². The SMILES string of the molecule is Cc1cc(C(F)(F)F)cc2c1cc(Cc1c(Cl)ccc(CN3C[C@@H]4C(C(=O)O)[C@@H]4C3)c1Cl)n2C. The number of hydrogen-bond acceptors (Lipinski definition) is 2. The number of halogens is 5. The number of likely N-dealkylation sites (tertiary alicyclic amines) is 1. The van der Waals surface area contributed by atoms with Gasteiger partial charge >= 0.3 is 12.1 Å². The molecule has 0 amide bonds. The molecule has 1 aromatic heterocycles. The Kier molecular flexibility index (Phi) is 5.66. The zero-order valence-electron chi connectivity index (χ0n) is 18.6. The lowest BCUT2D eigenvalue weighted by molar-refractivity contribution is -0.139. The Morgan fingerprint density at radius 1 is 1.15 bits per heavy atom. The quantitative estimate of drug-likeness (QED) is 0.446. The minimum absolute atomic E-state index is 0.212. The molecule has 0 radical (unpaired) electrons. The van der Waals surface area contributed by atoms with Gasteiger partial charge < -0.3 is 9.67 Å². The normalized spacial score (nSPS) is 22.4. The number of hydrogen-bond donors (Lipinski definition) is 1. The third kappa shape index (κ3) is 3.97. The lowest BCUT2D eigenvalue weighted by Crippen LogP contribution is -2.26. The monoisotopic (exact) mass is 510 g/mol. The van der Waals surface area contributed by atoms with Crippen molar-refractivity contribution in [1.29, 1.82) is 0 Å². The van der Waals surface area contributed by atoms with Gasteiger partial charge in [-0.1, -0.05) is 29.3 Å². The summed E-state index contributed by atoms with van der Waals surface area (Å²) in [7, 11) is 1.75. The van der Waals surface area contributed by atoms with Gasteiger partial charge in [0, 0.05) is 54.7 Å². The fourth-order valence-electron chi connectivity index (χ4n) is 5.46. The lowest BCUT2D eigenvalue weighted by Gasteiger charge is -2.21. The molecule has 1 aliphatic carbocycles. The molecule has 2 aromatic carbocycles. The van der Waals surface area contributed by atoms with Crippen molar-refractivity contribution in [2.75, 3.05) is 13.1 Å². The van der Waals surface area contributed by atoms with Gasteiger partial charge in [-0.3, -0.25) is 9.69 Å². The topological polar surface area (TPSA) is 45.5 Å². The van der Waals surface area contributed by atoms with Crippen LogP contribution in [0.4, 0.5) is 13.2 Å². The molecule has 3 atom stereocenters. The van der Waals surface area contributed by atoms with Gasteiger partial charge in [-0.15, -0.1) is 0 Å². The zero-order valence-corrected chi connectivity index (χ0v) is 20.1. The van der Waals surface area contributed by atoms with Crippen molar-refractivity contribution in [1.82, 2.24) is 9.47 Å². The smallest absolute Gasteiger partial charge is 0.416 e. The molecule has 1 saturated heterocycles. The molecule has 1 saturated carbocycles. The number of alkyl halides is 3. The summed E-state index contributed by atoms with van der Waals surface area (Å²) < 4.78 is 41.7. The maximum Gasteiger partial charge on any atom is 0.416 e. The van der Waals surface area contributed by atoms with Gasteiger partial charge in [-0.2, -0.15) is 13.2 Å². The number of nitrogens with zero attached hydrogens (tertiary/aromatic N) is 2. The number of aromatic nitrogens is 1. The molecule has 0 spiro atoms. The minimum Gasteiger partial charge on any atom is -0.481 e. The van der Waals surface area contributed by atoms with Crippen LogP contribution in [0.3, 0.4) is 0 Å². The summed E-state index contributed by atoms with van der Waals surface area (Å²) in [5, 5.41) is 11.0. The molecule has 34 heavy (non-hydrogen) atoms. The summed E-state index contributed by atoms with van der Waals surface area (Å²) in [5.74, 6) is -0.512. The van der Waals surface area contributed by atoms with Crippen LogP contribution in [0.2, 0.25) is 10.0 Å². The van der Waals surface area contributed by atoms with Crippen LogP contribution in [0.15, 0.2) is 30.3 Å². The Labute approximate surface area is 204 Å². The van der Waals surface area contributed by atoms with Crippen molar-refractivity contribution >= 4 is 40.1 Å². The second-order valence-corrected chi connectivity index (χ2v) is 10.3. The highest BCUT2D eigenvalue weighted by Crippen LogP contribution is 2.52. The van der Waals surface area contributed by atoms with Crippen molar-refractivity contribution in [3.8, 4) is 0 Å². The van der Waals surface area contributed by atoms with Crippen LogP contribution in [-0.2, 0) is 31.0 Å². The van der Waals surface area contributed by atoms with Crippen molar-refractivity contribution in [2.24, 2.45) is 24.8 Å². The van der Waals surface area contributed by atoms with E-state index in [1.165, 1.54) is 12.1 Å². The first-order chi connectivity index (χ1) is 16.0. The van der Waals surface area contributed by atoms with E-state index in [0.717, 1.165) is 35.3 Å². The number of fused-ring (bicyclic) bond motifs is 2. The van der Waals surface area contributed by atoms with E-state index in [2.05, 4.69) is 4.90 Å². The standard InChI is InChI=1S/C25H23Cl2F3N2O2/c1-12-5-14(25(28,29)30)6-21-16(12)7-15(31(21)2)8-17-20(26)4-3-13(23(17)27)9-32-10-18-19(11-32)22(18)24(33)34/h3-7,18-19,22H,8-11H2,1-2H3,(H,33,34)/t18-,19+,22?. The molecule has 9 heteroatoms. The Morgan fingerprint density at radius 3 is 2.44 bits per heavy atom. The van der Waals surface area contributed by atoms with Crippen molar-refractivity contribution in [3.05, 3.63) is 68.3 Å². The van der Waals surface area contributed by atoms with Gasteiger partial charge in [0.2, 0.25) is 0 Å². The number of aryl methyl sites for hydroxylation is 2. The summed E-state index contributed by atoms with van der Waals surface area (Å²) in [6.07, 6.45) is -4.03. The summed E-state index contributed by atoms with van der Waals surface area (Å²) in [6.45, 7) is 3.75. The summed E-state index contributed by atoms with van der Waals surface area (Å²) in [4.78, 5) is 13.4. The molecule has 1 aliphatic heterocycles. The number of benzene rings is 2. The highest BCUT2D eigenvalue weighted by molar-refractivity contribution is 6.36. The summed E-state index contributed by atoms with van der Waals surface area (Å²) >= 11 is 13.3. The second-order valence-electron chi connectivity index (χ2n) is 9.48. The fourth-order valence-corrected chi connectivity index (χ4v) is 6.02. The first-order valence-corrected chi connectivity index (χ1v) is 11.8. The zero-order chi connectivity index (χ0) is 24.5. The molecular weight excluding hydrogens is 488 g/mol. The fraction of sp³-hybridized carbons (Fsp3) is 0.400. The molecule has 180 valence electrons. The molecule has 2 heterocycles. The lowest BCUT2D eigenvalue weighted by atomic mass is 10.0. The number of aliphatic carboxylic acids is 1. The van der Waals surface area contributed by atoms with Crippen LogP contribution in [-0.4, -0.2) is 33.6 Å². The molecule has 4 nitrogen and oxygen atoms in total. The molecule has 2 fully saturated rings. The number of piperidine rings is 1. The highest BCUT2D eigenvalue weighted by atomic mass is 35.5. The Hall–Kier alpha value is -2.22. The summed E-state index contributed by atoms with van der Waals surface area (Å²) in [6, 6.07) is 7.92. The Balaban J connectivity index is 1.41.